The van der Waals surface area contributed by atoms with Crippen LogP contribution in [0, 0.1) is 6.92 Å². The summed E-state index contributed by atoms with van der Waals surface area (Å²) >= 11 is 0. The van der Waals surface area contributed by atoms with E-state index in [0.717, 1.165) is 16.7 Å². The molecule has 0 aliphatic heterocycles. The van der Waals surface area contributed by atoms with Crippen LogP contribution in [0.25, 0.3) is 34.0 Å². The van der Waals surface area contributed by atoms with Gasteiger partial charge in [0.25, 0.3) is 0 Å². The van der Waals surface area contributed by atoms with Crippen LogP contribution in [0.1, 0.15) is 16.8 Å². The van der Waals surface area contributed by atoms with Crippen molar-refractivity contribution in [2.75, 3.05) is 0 Å². The molecule has 2 aromatic heterocycles. The zero-order valence-electron chi connectivity index (χ0n) is 12.4. The van der Waals surface area contributed by atoms with Gasteiger partial charge in [-0.25, -0.2) is 0 Å². The summed E-state index contributed by atoms with van der Waals surface area (Å²) in [5.41, 5.74) is 5.61. The Morgan fingerprint density at radius 2 is 1.68 bits per heavy atom. The van der Waals surface area contributed by atoms with Gasteiger partial charge in [0.05, 0.1) is 11.2 Å². The second kappa shape index (κ2) is 5.15. The fourth-order valence-electron chi connectivity index (χ4n) is 2.90. The predicted molar refractivity (Wildman–Crippen MR) is 93.7 cm³/mol. The fourth-order valence-corrected chi connectivity index (χ4v) is 2.90. The third-order valence-corrected chi connectivity index (χ3v) is 3.99. The average molecular weight is 284 g/mol. The average Bonchev–Trinajstić information content (AvgIpc) is 2.96. The van der Waals surface area contributed by atoms with E-state index >= 15 is 0 Å². The third kappa shape index (κ3) is 2.09. The number of rotatable bonds is 2. The van der Waals surface area contributed by atoms with Gasteiger partial charge < -0.3 is 4.98 Å². The lowest BCUT2D eigenvalue weighted by atomic mass is 10.1. The van der Waals surface area contributed by atoms with Crippen molar-refractivity contribution in [1.82, 2.24) is 9.97 Å². The molecule has 0 saturated heterocycles. The number of para-hydroxylation sites is 1. The maximum Gasteiger partial charge on any atom is 0.0871 e. The molecule has 0 fully saturated rings. The van der Waals surface area contributed by atoms with Crippen molar-refractivity contribution in [2.24, 2.45) is 0 Å². The first-order valence-electron chi connectivity index (χ1n) is 7.42. The first-order valence-corrected chi connectivity index (χ1v) is 7.42. The van der Waals surface area contributed by atoms with E-state index < -0.39 is 0 Å². The Morgan fingerprint density at radius 1 is 0.909 bits per heavy atom. The van der Waals surface area contributed by atoms with Gasteiger partial charge in [0.15, 0.2) is 0 Å². The van der Waals surface area contributed by atoms with Crippen LogP contribution < -0.4 is 0 Å². The zero-order chi connectivity index (χ0) is 14.9. The monoisotopic (exact) mass is 284 g/mol. The smallest absolute Gasteiger partial charge is 0.0871 e. The molecule has 0 saturated carbocycles. The molecule has 2 nitrogen and oxygen atoms in total. The molecule has 4 aromatic rings. The number of hydrogen-bond acceptors (Lipinski definition) is 1. The molecular weight excluding hydrogens is 268 g/mol. The largest absolute Gasteiger partial charge is 0.353 e. The van der Waals surface area contributed by atoms with Crippen LogP contribution in [0.15, 0.2) is 60.8 Å². The number of nitrogens with zero attached hydrogens (tertiary/aromatic N) is 1. The van der Waals surface area contributed by atoms with Crippen molar-refractivity contribution in [3.63, 3.8) is 0 Å². The Balaban J connectivity index is 1.92. The van der Waals surface area contributed by atoms with E-state index in [1.165, 1.54) is 21.9 Å². The van der Waals surface area contributed by atoms with Crippen molar-refractivity contribution in [3.8, 4) is 0 Å². The molecule has 1 N–H and O–H groups in total. The van der Waals surface area contributed by atoms with Gasteiger partial charge in [-0.15, -0.1) is 0 Å². The molecule has 4 rings (SSSR count). The van der Waals surface area contributed by atoms with E-state index in [1.54, 1.807) is 0 Å². The SMILES string of the molecule is Cc1cnc(C=Cc2ccccc2)c2[nH]c3ccccc3c12. The molecule has 22 heavy (non-hydrogen) atoms. The Labute approximate surface area is 129 Å². The maximum absolute atomic E-state index is 4.60. The van der Waals surface area contributed by atoms with Crippen LogP contribution in [0.2, 0.25) is 0 Å². The molecule has 0 aliphatic carbocycles. The van der Waals surface area contributed by atoms with E-state index in [9.17, 15) is 0 Å². The minimum absolute atomic E-state index is 0.973. The highest BCUT2D eigenvalue weighted by molar-refractivity contribution is 6.10. The molecule has 0 atom stereocenters. The minimum Gasteiger partial charge on any atom is -0.353 e. The minimum atomic E-state index is 0.973. The molecule has 0 amide bonds. The molecule has 2 heteroatoms. The number of benzene rings is 2. The summed E-state index contributed by atoms with van der Waals surface area (Å²) in [4.78, 5) is 8.11. The third-order valence-electron chi connectivity index (χ3n) is 3.99. The Morgan fingerprint density at radius 3 is 2.55 bits per heavy atom. The summed E-state index contributed by atoms with van der Waals surface area (Å²) in [6, 6.07) is 18.7. The lowest BCUT2D eigenvalue weighted by Gasteiger charge is -2.00. The highest BCUT2D eigenvalue weighted by atomic mass is 14.8. The van der Waals surface area contributed by atoms with Crippen molar-refractivity contribution in [1.29, 1.82) is 0 Å². The lowest BCUT2D eigenvalue weighted by Crippen LogP contribution is -1.86. The predicted octanol–water partition coefficient (Wildman–Crippen LogP) is 5.19. The summed E-state index contributed by atoms with van der Waals surface area (Å²) in [5, 5.41) is 2.52. The van der Waals surface area contributed by atoms with Gasteiger partial charge in [-0.1, -0.05) is 54.6 Å². The highest BCUT2D eigenvalue weighted by Gasteiger charge is 2.09. The Hall–Kier alpha value is -2.87. The number of aromatic nitrogens is 2. The van der Waals surface area contributed by atoms with Gasteiger partial charge in [0, 0.05) is 22.5 Å². The molecule has 2 aromatic carbocycles. The summed E-state index contributed by atoms with van der Waals surface area (Å²) in [6.07, 6.45) is 6.13. The molecule has 0 radical (unpaired) electrons. The Kier molecular flexibility index (Phi) is 3.01. The van der Waals surface area contributed by atoms with Crippen LogP contribution in [0.5, 0.6) is 0 Å². The number of pyridine rings is 1. The molecule has 2 heterocycles. The summed E-state index contributed by atoms with van der Waals surface area (Å²) in [7, 11) is 0. The van der Waals surface area contributed by atoms with Gasteiger partial charge in [-0.2, -0.15) is 0 Å². The molecule has 0 unspecified atom stereocenters. The number of hydrogen-bond donors (Lipinski definition) is 1. The van der Waals surface area contributed by atoms with Gasteiger partial charge in [0.1, 0.15) is 0 Å². The van der Waals surface area contributed by atoms with Gasteiger partial charge in [-0.3, -0.25) is 4.98 Å². The van der Waals surface area contributed by atoms with Crippen molar-refractivity contribution in [3.05, 3.63) is 77.6 Å². The van der Waals surface area contributed by atoms with Crippen LogP contribution in [-0.2, 0) is 0 Å². The quantitative estimate of drug-likeness (QED) is 0.539. The first-order chi connectivity index (χ1) is 10.8. The van der Waals surface area contributed by atoms with E-state index in [4.69, 9.17) is 0 Å². The summed E-state index contributed by atoms with van der Waals surface area (Å²) < 4.78 is 0. The van der Waals surface area contributed by atoms with Gasteiger partial charge in [0.2, 0.25) is 0 Å². The van der Waals surface area contributed by atoms with Crippen molar-refractivity contribution in [2.45, 2.75) is 6.92 Å². The summed E-state index contributed by atoms with van der Waals surface area (Å²) in [5.74, 6) is 0. The normalized spacial score (nSPS) is 11.7. The van der Waals surface area contributed by atoms with E-state index in [0.29, 0.717) is 0 Å². The van der Waals surface area contributed by atoms with Gasteiger partial charge >= 0.3 is 0 Å². The summed E-state index contributed by atoms with van der Waals surface area (Å²) in [6.45, 7) is 2.11. The molecule has 106 valence electrons. The van der Waals surface area contributed by atoms with E-state index in [-0.39, 0.29) is 0 Å². The zero-order valence-corrected chi connectivity index (χ0v) is 12.4. The van der Waals surface area contributed by atoms with Crippen molar-refractivity contribution >= 4 is 34.0 Å². The molecule has 0 spiro atoms. The van der Waals surface area contributed by atoms with Crippen molar-refractivity contribution < 1.29 is 0 Å². The maximum atomic E-state index is 4.60. The van der Waals surface area contributed by atoms with Crippen LogP contribution in [0.4, 0.5) is 0 Å². The second-order valence-corrected chi connectivity index (χ2v) is 5.49. The number of aryl methyl sites for hydroxylation is 1. The number of fused-ring (bicyclic) bond motifs is 3. The molecular formula is C20H16N2. The topological polar surface area (TPSA) is 28.7 Å². The van der Waals surface area contributed by atoms with Crippen LogP contribution in [0.3, 0.4) is 0 Å². The Bertz CT molecular complexity index is 979. The molecule has 0 aliphatic rings. The standard InChI is InChI=1S/C20H16N2/c1-14-13-21-18(12-11-15-7-3-2-4-8-15)20-19(14)16-9-5-6-10-17(16)22-20/h2-13,22H,1H3. The van der Waals surface area contributed by atoms with Crippen LogP contribution in [-0.4, -0.2) is 9.97 Å². The fraction of sp³-hybridized carbons (Fsp3) is 0.0500. The van der Waals surface area contributed by atoms with Gasteiger partial charge in [-0.05, 0) is 30.2 Å². The van der Waals surface area contributed by atoms with E-state index in [1.807, 2.05) is 24.4 Å². The number of aromatic amines is 1. The highest BCUT2D eigenvalue weighted by Crippen LogP contribution is 2.29. The van der Waals surface area contributed by atoms with E-state index in [2.05, 4.69) is 65.4 Å². The van der Waals surface area contributed by atoms with Crippen LogP contribution >= 0.6 is 0 Å². The lowest BCUT2D eigenvalue weighted by molar-refractivity contribution is 1.27. The second-order valence-electron chi connectivity index (χ2n) is 5.49. The first kappa shape index (κ1) is 12.8. The number of nitrogens with one attached hydrogen (secondary N) is 1. The number of H-pyrrole nitrogens is 1. The molecule has 0 bridgehead atoms.